The molecule has 113 valence electrons. The Hall–Kier alpha value is -1.42. The van der Waals surface area contributed by atoms with Gasteiger partial charge in [0, 0.05) is 33.6 Å². The molecule has 10 heteroatoms. The van der Waals surface area contributed by atoms with E-state index in [2.05, 4.69) is 9.97 Å². The zero-order valence-electron chi connectivity index (χ0n) is 10.7. The number of hydrogen-bond donors (Lipinski definition) is 0. The first kappa shape index (κ1) is 18.6. The Balaban J connectivity index is 0.000000299. The van der Waals surface area contributed by atoms with Crippen LogP contribution < -0.4 is 0 Å². The summed E-state index contributed by atoms with van der Waals surface area (Å²) in [6, 6.07) is 9.64. The predicted molar refractivity (Wildman–Crippen MR) is 73.2 cm³/mol. The number of pyridine rings is 2. The van der Waals surface area contributed by atoms with E-state index in [0.29, 0.717) is 0 Å². The van der Waals surface area contributed by atoms with Crippen LogP contribution >= 0.6 is 11.6 Å². The molecule has 2 heterocycles. The standard InChI is InChI=1S/C12H7ClN2.H2O4S.O.V/c13-10-7-8-3-1-5-14-11(8)12-9(10)4-2-6-15-12;1-5(2,3)4;;/h1-7H;(H2,1,2,3,4);;/q;;;+2/p-2. The number of hydrogen-bond acceptors (Lipinski definition) is 7. The molecular weight excluding hydrogens is 371 g/mol. The van der Waals surface area contributed by atoms with Crippen molar-refractivity contribution < 1.29 is 38.6 Å². The molecule has 3 rings (SSSR count). The second-order valence-corrected chi connectivity index (χ2v) is 4.97. The molecule has 0 saturated carbocycles. The van der Waals surface area contributed by atoms with Crippen molar-refractivity contribution in [1.29, 1.82) is 0 Å². The number of benzene rings is 1. The van der Waals surface area contributed by atoms with E-state index in [4.69, 9.17) is 32.8 Å². The molecule has 0 aliphatic rings. The van der Waals surface area contributed by atoms with Crippen LogP contribution in [0.4, 0.5) is 0 Å². The van der Waals surface area contributed by atoms with Crippen LogP contribution in [0.3, 0.4) is 0 Å². The number of nitrogens with zero attached hydrogens (tertiary/aromatic N) is 2. The summed E-state index contributed by atoms with van der Waals surface area (Å²) in [7, 11) is -5.17. The fourth-order valence-corrected chi connectivity index (χ4v) is 2.00. The number of rotatable bonds is 0. The van der Waals surface area contributed by atoms with Crippen LogP contribution in [0.1, 0.15) is 0 Å². The van der Waals surface area contributed by atoms with Gasteiger partial charge >= 0.3 is 21.0 Å². The SMILES string of the molecule is Clc1cc2cccnc2c2ncccc12.O=S(=O)([O-])[O-].[O]=[V+2]. The number of fused-ring (bicyclic) bond motifs is 3. The van der Waals surface area contributed by atoms with E-state index < -0.39 is 10.4 Å². The van der Waals surface area contributed by atoms with Gasteiger partial charge in [-0.25, -0.2) is 0 Å². The van der Waals surface area contributed by atoms with E-state index in [-0.39, 0.29) is 0 Å². The summed E-state index contributed by atoms with van der Waals surface area (Å²) < 4.78 is 42.3. The molecule has 0 unspecified atom stereocenters. The zero-order chi connectivity index (χ0) is 16.8. The first-order valence-corrected chi connectivity index (χ1v) is 7.77. The average molecular weight is 378 g/mol. The van der Waals surface area contributed by atoms with Gasteiger partial charge in [0.2, 0.25) is 0 Å². The third-order valence-electron chi connectivity index (χ3n) is 2.41. The van der Waals surface area contributed by atoms with E-state index in [1.54, 1.807) is 12.4 Å². The van der Waals surface area contributed by atoms with Gasteiger partial charge in [-0.15, -0.1) is 0 Å². The fraction of sp³-hybridized carbons (Fsp3) is 0. The summed E-state index contributed by atoms with van der Waals surface area (Å²) in [5, 5.41) is 2.69. The Kier molecular flexibility index (Phi) is 7.01. The van der Waals surface area contributed by atoms with E-state index in [1.165, 1.54) is 0 Å². The minimum absolute atomic E-state index is 0.721. The summed E-state index contributed by atoms with van der Waals surface area (Å²) in [6.07, 6.45) is 3.52. The molecule has 2 aromatic heterocycles. The first-order valence-electron chi connectivity index (χ1n) is 5.49. The summed E-state index contributed by atoms with van der Waals surface area (Å²) in [5.74, 6) is 0. The number of aromatic nitrogens is 2. The Bertz CT molecular complexity index is 883. The molecule has 0 aliphatic carbocycles. The third kappa shape index (κ3) is 5.41. The van der Waals surface area contributed by atoms with Crippen molar-refractivity contribution in [3.8, 4) is 0 Å². The summed E-state index contributed by atoms with van der Waals surface area (Å²) in [5.41, 5.74) is 1.76. The summed E-state index contributed by atoms with van der Waals surface area (Å²) in [4.78, 5) is 8.65. The van der Waals surface area contributed by atoms with E-state index >= 15 is 0 Å². The van der Waals surface area contributed by atoms with Crippen LogP contribution in [0.15, 0.2) is 42.7 Å². The van der Waals surface area contributed by atoms with Gasteiger partial charge < -0.3 is 9.11 Å². The molecule has 0 aliphatic heterocycles. The van der Waals surface area contributed by atoms with Crippen molar-refractivity contribution in [3.05, 3.63) is 47.7 Å². The molecule has 7 nitrogen and oxygen atoms in total. The van der Waals surface area contributed by atoms with Crippen LogP contribution in [0.2, 0.25) is 5.02 Å². The third-order valence-corrected chi connectivity index (χ3v) is 2.72. The molecule has 1 aromatic carbocycles. The Morgan fingerprint density at radius 3 is 2.09 bits per heavy atom. The second-order valence-electron chi connectivity index (χ2n) is 3.74. The zero-order valence-corrected chi connectivity index (χ0v) is 13.7. The van der Waals surface area contributed by atoms with Crippen molar-refractivity contribution in [2.24, 2.45) is 0 Å². The van der Waals surface area contributed by atoms with Crippen molar-refractivity contribution in [2.45, 2.75) is 0 Å². The molecule has 0 amide bonds. The van der Waals surface area contributed by atoms with Crippen molar-refractivity contribution in [2.75, 3.05) is 0 Å². The monoisotopic (exact) mass is 377 g/mol. The molecule has 0 spiro atoms. The maximum absolute atomic E-state index is 8.52. The molecular formula is C12H7ClN2O5SV. The predicted octanol–water partition coefficient (Wildman–Crippen LogP) is 1.98. The van der Waals surface area contributed by atoms with Crippen LogP contribution in [0.25, 0.3) is 21.8 Å². The van der Waals surface area contributed by atoms with Gasteiger partial charge in [0.1, 0.15) is 0 Å². The van der Waals surface area contributed by atoms with Crippen LogP contribution in [-0.4, -0.2) is 27.5 Å². The van der Waals surface area contributed by atoms with Gasteiger partial charge in [0.05, 0.1) is 16.1 Å². The molecule has 0 atom stereocenters. The topological polar surface area (TPSA) is 123 Å². The summed E-state index contributed by atoms with van der Waals surface area (Å²) in [6.45, 7) is 0. The van der Waals surface area contributed by atoms with Gasteiger partial charge in [-0.2, -0.15) is 0 Å². The summed E-state index contributed by atoms with van der Waals surface area (Å²) >= 11 is 7.23. The van der Waals surface area contributed by atoms with E-state index in [0.717, 1.165) is 44.2 Å². The molecule has 0 saturated heterocycles. The first-order chi connectivity index (χ1) is 10.4. The van der Waals surface area contributed by atoms with Crippen molar-refractivity contribution >= 4 is 43.8 Å². The Morgan fingerprint density at radius 1 is 1.00 bits per heavy atom. The van der Waals surface area contributed by atoms with Gasteiger partial charge in [0.15, 0.2) is 0 Å². The van der Waals surface area contributed by atoms with Crippen LogP contribution in [-0.2, 0) is 31.4 Å². The molecule has 0 N–H and O–H groups in total. The molecule has 0 fully saturated rings. The minimum atomic E-state index is -5.17. The Labute approximate surface area is 140 Å². The average Bonchev–Trinajstić information content (AvgIpc) is 2.48. The van der Waals surface area contributed by atoms with Gasteiger partial charge in [-0.05, 0) is 24.3 Å². The molecule has 0 bridgehead atoms. The van der Waals surface area contributed by atoms with Crippen LogP contribution in [0.5, 0.6) is 0 Å². The second kappa shape index (κ2) is 8.28. The molecule has 0 radical (unpaired) electrons. The fourth-order valence-electron chi connectivity index (χ4n) is 1.73. The Morgan fingerprint density at radius 2 is 1.50 bits per heavy atom. The van der Waals surface area contributed by atoms with Gasteiger partial charge in [-0.1, -0.05) is 17.7 Å². The van der Waals surface area contributed by atoms with E-state index in [9.17, 15) is 0 Å². The van der Waals surface area contributed by atoms with Crippen molar-refractivity contribution in [3.63, 3.8) is 0 Å². The van der Waals surface area contributed by atoms with Gasteiger partial charge in [-0.3, -0.25) is 18.4 Å². The molecule has 22 heavy (non-hydrogen) atoms. The number of halogens is 1. The van der Waals surface area contributed by atoms with Crippen LogP contribution in [0, 0.1) is 0 Å². The van der Waals surface area contributed by atoms with Gasteiger partial charge in [0.25, 0.3) is 0 Å². The van der Waals surface area contributed by atoms with E-state index in [1.807, 2.05) is 30.3 Å². The van der Waals surface area contributed by atoms with Crippen molar-refractivity contribution in [1.82, 2.24) is 9.97 Å². The quantitative estimate of drug-likeness (QED) is 0.333. The molecule has 3 aromatic rings. The maximum atomic E-state index is 8.52. The normalized spacial score (nSPS) is 10.4.